The highest BCUT2D eigenvalue weighted by Crippen LogP contribution is 2.43. The second kappa shape index (κ2) is 6.62. The maximum absolute atomic E-state index is 10.9. The van der Waals surface area contributed by atoms with E-state index in [9.17, 15) is 5.11 Å². The van der Waals surface area contributed by atoms with Crippen molar-refractivity contribution in [3.05, 3.63) is 29.3 Å². The van der Waals surface area contributed by atoms with Crippen LogP contribution in [0.3, 0.4) is 0 Å². The SMILES string of the molecule is C#CCN(C(C)=NC#N)[C@H]1c2cc(C#N)ccc2OC(C)(C)[C@@H]1O. The molecule has 1 aliphatic heterocycles. The molecule has 0 spiro atoms. The van der Waals surface area contributed by atoms with Gasteiger partial charge < -0.3 is 14.7 Å². The fraction of sp³-hybridized carbons (Fsp3) is 0.389. The molecule has 24 heavy (non-hydrogen) atoms. The molecule has 0 amide bonds. The molecule has 6 nitrogen and oxygen atoms in total. The van der Waals surface area contributed by atoms with Crippen molar-refractivity contribution in [1.82, 2.24) is 4.90 Å². The number of terminal acetylenes is 1. The largest absolute Gasteiger partial charge is 0.485 e. The summed E-state index contributed by atoms with van der Waals surface area (Å²) >= 11 is 0. The Hall–Kier alpha value is -3.01. The van der Waals surface area contributed by atoms with Crippen molar-refractivity contribution in [2.45, 2.75) is 38.5 Å². The summed E-state index contributed by atoms with van der Waals surface area (Å²) in [5, 5.41) is 28.9. The third-order valence-electron chi connectivity index (χ3n) is 4.07. The van der Waals surface area contributed by atoms with E-state index in [-0.39, 0.29) is 6.54 Å². The lowest BCUT2D eigenvalue weighted by atomic mass is 9.85. The van der Waals surface area contributed by atoms with E-state index in [0.717, 1.165) is 0 Å². The quantitative estimate of drug-likeness (QED) is 0.389. The maximum Gasteiger partial charge on any atom is 0.207 e. The van der Waals surface area contributed by atoms with Crippen LogP contribution >= 0.6 is 0 Å². The van der Waals surface area contributed by atoms with Gasteiger partial charge in [0, 0.05) is 5.56 Å². The molecule has 0 saturated carbocycles. The number of nitriles is 2. The average Bonchev–Trinajstić information content (AvgIpc) is 2.54. The van der Waals surface area contributed by atoms with Gasteiger partial charge >= 0.3 is 0 Å². The molecule has 1 aromatic carbocycles. The number of benzene rings is 1. The first-order chi connectivity index (χ1) is 11.4. The van der Waals surface area contributed by atoms with E-state index in [1.807, 2.05) is 0 Å². The Morgan fingerprint density at radius 2 is 2.17 bits per heavy atom. The van der Waals surface area contributed by atoms with Gasteiger partial charge in [0.15, 0.2) is 0 Å². The molecule has 122 valence electrons. The van der Waals surface area contributed by atoms with E-state index in [1.165, 1.54) is 0 Å². The minimum absolute atomic E-state index is 0.158. The van der Waals surface area contributed by atoms with Crippen molar-refractivity contribution in [2.75, 3.05) is 6.54 Å². The highest BCUT2D eigenvalue weighted by molar-refractivity contribution is 5.81. The van der Waals surface area contributed by atoms with Crippen LogP contribution in [0.2, 0.25) is 0 Å². The van der Waals surface area contributed by atoms with E-state index >= 15 is 0 Å². The highest BCUT2D eigenvalue weighted by Gasteiger charge is 2.45. The fourth-order valence-electron chi connectivity index (χ4n) is 2.82. The summed E-state index contributed by atoms with van der Waals surface area (Å²) in [4.78, 5) is 5.43. The fourth-order valence-corrected chi connectivity index (χ4v) is 2.82. The van der Waals surface area contributed by atoms with Crippen LogP contribution in [0.25, 0.3) is 0 Å². The van der Waals surface area contributed by atoms with Crippen LogP contribution in [0.4, 0.5) is 0 Å². The Kier molecular flexibility index (Phi) is 4.79. The molecule has 1 aliphatic rings. The smallest absolute Gasteiger partial charge is 0.207 e. The standard InChI is InChI=1S/C18H18N4O2/c1-5-8-22(12(2)21-11-20)16-14-9-13(10-19)6-7-15(14)24-18(3,4)17(16)23/h1,6-7,9,16-17,23H,8H2,2-4H3/t16-,17+/m0/s1. The number of aliphatic hydroxyl groups excluding tert-OH is 1. The Morgan fingerprint density at radius 3 is 2.75 bits per heavy atom. The van der Waals surface area contributed by atoms with E-state index in [0.29, 0.717) is 22.7 Å². The first-order valence-corrected chi connectivity index (χ1v) is 7.40. The second-order valence-corrected chi connectivity index (χ2v) is 6.05. The molecule has 1 heterocycles. The second-order valence-electron chi connectivity index (χ2n) is 6.05. The van der Waals surface area contributed by atoms with Gasteiger partial charge in [0.2, 0.25) is 6.19 Å². The Labute approximate surface area is 141 Å². The number of hydrogen-bond donors (Lipinski definition) is 1. The van der Waals surface area contributed by atoms with Crippen molar-refractivity contribution >= 4 is 5.84 Å². The number of ether oxygens (including phenoxy) is 1. The molecule has 0 aliphatic carbocycles. The van der Waals surface area contributed by atoms with Crippen molar-refractivity contribution in [3.8, 4) is 30.4 Å². The minimum atomic E-state index is -0.934. The summed E-state index contributed by atoms with van der Waals surface area (Å²) in [5.41, 5.74) is 0.222. The molecule has 2 rings (SSSR count). The molecule has 0 aromatic heterocycles. The lowest BCUT2D eigenvalue weighted by Crippen LogP contribution is -2.54. The van der Waals surface area contributed by atoms with Gasteiger partial charge in [-0.05, 0) is 39.0 Å². The Balaban J connectivity index is 2.66. The first kappa shape index (κ1) is 17.3. The van der Waals surface area contributed by atoms with Gasteiger partial charge in [0.05, 0.1) is 24.2 Å². The molecule has 6 heteroatoms. The monoisotopic (exact) mass is 322 g/mol. The number of nitrogens with zero attached hydrogens (tertiary/aromatic N) is 4. The zero-order valence-electron chi connectivity index (χ0n) is 13.8. The summed E-state index contributed by atoms with van der Waals surface area (Å²) in [6.07, 6.45) is 6.27. The number of aliphatic imine (C=N–C) groups is 1. The third-order valence-corrected chi connectivity index (χ3v) is 4.07. The van der Waals surface area contributed by atoms with Gasteiger partial charge in [-0.2, -0.15) is 15.5 Å². The predicted molar refractivity (Wildman–Crippen MR) is 88.9 cm³/mol. The zero-order valence-corrected chi connectivity index (χ0v) is 13.8. The summed E-state index contributed by atoms with van der Waals surface area (Å²) in [6, 6.07) is 6.54. The van der Waals surface area contributed by atoms with E-state index in [4.69, 9.17) is 21.7 Å². The van der Waals surface area contributed by atoms with E-state index < -0.39 is 17.7 Å². The maximum atomic E-state index is 10.9. The summed E-state index contributed by atoms with van der Waals surface area (Å²) in [5.74, 6) is 3.49. The molecule has 0 saturated heterocycles. The normalized spacial score (nSPS) is 21.5. The number of aliphatic hydroxyl groups is 1. The summed E-state index contributed by atoms with van der Waals surface area (Å²) < 4.78 is 5.89. The van der Waals surface area contributed by atoms with Gasteiger partial charge in [-0.1, -0.05) is 5.92 Å². The molecule has 0 fully saturated rings. The molecular weight excluding hydrogens is 304 g/mol. The van der Waals surface area contributed by atoms with Gasteiger partial charge in [-0.25, -0.2) is 0 Å². The average molecular weight is 322 g/mol. The summed E-state index contributed by atoms with van der Waals surface area (Å²) in [7, 11) is 0. The highest BCUT2D eigenvalue weighted by atomic mass is 16.5. The van der Waals surface area contributed by atoms with Crippen LogP contribution in [0, 0.1) is 35.1 Å². The Bertz CT molecular complexity index is 793. The number of fused-ring (bicyclic) bond motifs is 1. The van der Waals surface area contributed by atoms with Crippen LogP contribution < -0.4 is 4.74 Å². The Morgan fingerprint density at radius 1 is 1.46 bits per heavy atom. The van der Waals surface area contributed by atoms with Gasteiger partial charge in [0.1, 0.15) is 23.3 Å². The number of rotatable bonds is 2. The molecule has 0 bridgehead atoms. The van der Waals surface area contributed by atoms with Crippen LogP contribution in [0.15, 0.2) is 23.2 Å². The minimum Gasteiger partial charge on any atom is -0.485 e. The lowest BCUT2D eigenvalue weighted by molar-refractivity contribution is -0.0801. The first-order valence-electron chi connectivity index (χ1n) is 7.40. The van der Waals surface area contributed by atoms with Crippen LogP contribution in [-0.4, -0.2) is 34.1 Å². The van der Waals surface area contributed by atoms with Gasteiger partial charge in [-0.3, -0.25) is 0 Å². The summed E-state index contributed by atoms with van der Waals surface area (Å²) in [6.45, 7) is 5.36. The number of hydrogen-bond acceptors (Lipinski definition) is 5. The predicted octanol–water partition coefficient (Wildman–Crippen LogP) is 1.97. The molecule has 1 N–H and O–H groups in total. The van der Waals surface area contributed by atoms with Crippen LogP contribution in [0.5, 0.6) is 5.75 Å². The van der Waals surface area contributed by atoms with Crippen molar-refractivity contribution in [3.63, 3.8) is 0 Å². The molecule has 1 aromatic rings. The van der Waals surface area contributed by atoms with E-state index in [2.05, 4.69) is 17.0 Å². The molecule has 0 unspecified atom stereocenters. The molecular formula is C18H18N4O2. The van der Waals surface area contributed by atoms with Crippen molar-refractivity contribution in [2.24, 2.45) is 4.99 Å². The third kappa shape index (κ3) is 3.04. The van der Waals surface area contributed by atoms with Gasteiger partial charge in [-0.15, -0.1) is 6.42 Å². The van der Waals surface area contributed by atoms with Crippen molar-refractivity contribution < 1.29 is 9.84 Å². The molecule has 0 radical (unpaired) electrons. The topological polar surface area (TPSA) is 92.6 Å². The van der Waals surface area contributed by atoms with Gasteiger partial charge in [0.25, 0.3) is 0 Å². The number of amidine groups is 1. The molecule has 2 atom stereocenters. The lowest BCUT2D eigenvalue weighted by Gasteiger charge is -2.46. The van der Waals surface area contributed by atoms with E-state index in [1.54, 1.807) is 50.1 Å². The van der Waals surface area contributed by atoms with Crippen molar-refractivity contribution in [1.29, 1.82) is 10.5 Å². The van der Waals surface area contributed by atoms with Crippen LogP contribution in [-0.2, 0) is 0 Å². The van der Waals surface area contributed by atoms with Crippen LogP contribution in [0.1, 0.15) is 37.9 Å². The zero-order chi connectivity index (χ0) is 17.9.